The van der Waals surface area contributed by atoms with E-state index < -0.39 is 0 Å². The maximum Gasteiger partial charge on any atom is 0.0896 e. The fourth-order valence-electron chi connectivity index (χ4n) is 5.55. The maximum atomic E-state index is 6.28. The molecule has 2 aromatic carbocycles. The van der Waals surface area contributed by atoms with Gasteiger partial charge in [0, 0.05) is 66.4 Å². The van der Waals surface area contributed by atoms with E-state index in [4.69, 9.17) is 4.74 Å². The van der Waals surface area contributed by atoms with Crippen LogP contribution in [0, 0.1) is 17.9 Å². The Balaban J connectivity index is 1.27. The zero-order chi connectivity index (χ0) is 20.6. The molecule has 1 unspecified atom stereocenters. The van der Waals surface area contributed by atoms with Crippen molar-refractivity contribution in [1.29, 1.82) is 0 Å². The number of fused-ring (bicyclic) bond motifs is 4. The van der Waals surface area contributed by atoms with Gasteiger partial charge in [0.25, 0.3) is 0 Å². The van der Waals surface area contributed by atoms with Crippen LogP contribution in [0.4, 0.5) is 5.69 Å². The molecule has 0 aliphatic carbocycles. The van der Waals surface area contributed by atoms with E-state index in [1.807, 2.05) is 0 Å². The Morgan fingerprint density at radius 1 is 1.03 bits per heavy atom. The second-order valence-corrected chi connectivity index (χ2v) is 9.09. The number of rotatable bonds is 2. The smallest absolute Gasteiger partial charge is 0.0896 e. The maximum absolute atomic E-state index is 6.28. The van der Waals surface area contributed by atoms with E-state index in [1.165, 1.54) is 52.5 Å². The van der Waals surface area contributed by atoms with Crippen molar-refractivity contribution < 1.29 is 4.74 Å². The lowest BCUT2D eigenvalue weighted by Gasteiger charge is -2.36. The SMILES string of the molecule is C(#CN1CCCCC1)Cc1ccc2c(c1)[C@H]1OCC[C@H]1C(c1c[nH]c3ccccc13)N2. The zero-order valence-electron chi connectivity index (χ0n) is 17.9. The minimum Gasteiger partial charge on any atom is -0.377 e. The fraction of sp³-hybridized carbons (Fsp3) is 0.407. The predicted octanol–water partition coefficient (Wildman–Crippen LogP) is 5.40. The summed E-state index contributed by atoms with van der Waals surface area (Å²) >= 11 is 0. The number of piperidine rings is 1. The van der Waals surface area contributed by atoms with Crippen LogP contribution in [-0.2, 0) is 11.2 Å². The Morgan fingerprint density at radius 2 is 1.94 bits per heavy atom. The summed E-state index contributed by atoms with van der Waals surface area (Å²) in [5, 5.41) is 5.16. The lowest BCUT2D eigenvalue weighted by atomic mass is 9.80. The molecule has 31 heavy (non-hydrogen) atoms. The van der Waals surface area contributed by atoms with Crippen LogP contribution in [0.1, 0.15) is 54.5 Å². The quantitative estimate of drug-likeness (QED) is 0.555. The molecule has 2 N–H and O–H groups in total. The van der Waals surface area contributed by atoms with Crippen molar-refractivity contribution in [2.24, 2.45) is 5.92 Å². The second kappa shape index (κ2) is 7.98. The van der Waals surface area contributed by atoms with Gasteiger partial charge in [0.05, 0.1) is 12.1 Å². The first-order valence-electron chi connectivity index (χ1n) is 11.7. The van der Waals surface area contributed by atoms with Crippen molar-refractivity contribution in [3.8, 4) is 12.0 Å². The molecule has 4 heteroatoms. The molecule has 158 valence electrons. The van der Waals surface area contributed by atoms with Gasteiger partial charge in [-0.2, -0.15) is 0 Å². The molecule has 3 aliphatic heterocycles. The molecule has 0 bridgehead atoms. The number of anilines is 1. The summed E-state index contributed by atoms with van der Waals surface area (Å²) in [6.07, 6.45) is 8.11. The topological polar surface area (TPSA) is 40.3 Å². The Labute approximate surface area is 184 Å². The number of benzene rings is 2. The molecule has 0 amide bonds. The third-order valence-electron chi connectivity index (χ3n) is 7.14. The van der Waals surface area contributed by atoms with Gasteiger partial charge in [-0.1, -0.05) is 36.3 Å². The predicted molar refractivity (Wildman–Crippen MR) is 125 cm³/mol. The summed E-state index contributed by atoms with van der Waals surface area (Å²) in [6.45, 7) is 3.07. The monoisotopic (exact) mass is 411 g/mol. The average Bonchev–Trinajstić information content (AvgIpc) is 3.47. The lowest BCUT2D eigenvalue weighted by molar-refractivity contribution is 0.0830. The summed E-state index contributed by atoms with van der Waals surface area (Å²) in [4.78, 5) is 5.73. The number of likely N-dealkylation sites (tertiary alicyclic amines) is 1. The summed E-state index contributed by atoms with van der Waals surface area (Å²) < 4.78 is 6.28. The molecule has 1 aromatic heterocycles. The highest BCUT2D eigenvalue weighted by molar-refractivity contribution is 5.84. The summed E-state index contributed by atoms with van der Waals surface area (Å²) in [5.74, 6) is 3.85. The normalized spacial score (nSPS) is 24.8. The molecule has 3 aromatic rings. The Morgan fingerprint density at radius 3 is 2.87 bits per heavy atom. The van der Waals surface area contributed by atoms with Crippen molar-refractivity contribution in [1.82, 2.24) is 9.88 Å². The number of para-hydroxylation sites is 1. The standard InChI is InChI=1S/C27H29N3O/c1-4-13-30(14-5-1)15-6-7-19-10-11-25-22(17-19)27-21(12-16-31-27)26(29-25)23-18-28-24-9-3-2-8-20(23)24/h2-3,8-11,17-18,21,26-29H,1,4-5,7,12-14,16H2/t21-,26?,27-/m0/s1. The van der Waals surface area contributed by atoms with E-state index in [9.17, 15) is 0 Å². The van der Waals surface area contributed by atoms with Crippen molar-refractivity contribution >= 4 is 16.6 Å². The van der Waals surface area contributed by atoms with Crippen molar-refractivity contribution in [2.75, 3.05) is 25.0 Å². The van der Waals surface area contributed by atoms with Crippen molar-refractivity contribution in [2.45, 2.75) is 44.2 Å². The fourth-order valence-corrected chi connectivity index (χ4v) is 5.55. The molecule has 0 spiro atoms. The van der Waals surface area contributed by atoms with Gasteiger partial charge in [0.2, 0.25) is 0 Å². The summed E-state index contributed by atoms with van der Waals surface area (Å²) in [6, 6.07) is 19.0. The molecule has 0 saturated carbocycles. The van der Waals surface area contributed by atoms with Crippen LogP contribution in [0.3, 0.4) is 0 Å². The van der Waals surface area contributed by atoms with Crippen LogP contribution in [-0.4, -0.2) is 29.6 Å². The third-order valence-corrected chi connectivity index (χ3v) is 7.14. The van der Waals surface area contributed by atoms with E-state index in [0.717, 1.165) is 32.5 Å². The van der Waals surface area contributed by atoms with Crippen LogP contribution in [0.15, 0.2) is 48.7 Å². The Kier molecular flexibility index (Phi) is 4.85. The first kappa shape index (κ1) is 18.8. The highest BCUT2D eigenvalue weighted by atomic mass is 16.5. The minimum absolute atomic E-state index is 0.157. The number of H-pyrrole nitrogens is 1. The van der Waals surface area contributed by atoms with Crippen LogP contribution in [0.2, 0.25) is 0 Å². The number of hydrogen-bond donors (Lipinski definition) is 2. The molecule has 2 fully saturated rings. The van der Waals surface area contributed by atoms with Crippen molar-refractivity contribution in [3.63, 3.8) is 0 Å². The summed E-state index contributed by atoms with van der Waals surface area (Å²) in [5.41, 5.74) is 6.33. The number of nitrogens with one attached hydrogen (secondary N) is 2. The largest absolute Gasteiger partial charge is 0.377 e. The van der Waals surface area contributed by atoms with Gasteiger partial charge in [0.1, 0.15) is 0 Å². The van der Waals surface area contributed by atoms with Gasteiger partial charge in [0.15, 0.2) is 0 Å². The van der Waals surface area contributed by atoms with Crippen LogP contribution < -0.4 is 5.32 Å². The molecule has 6 rings (SSSR count). The number of hydrogen-bond acceptors (Lipinski definition) is 3. The minimum atomic E-state index is 0.157. The van der Waals surface area contributed by atoms with Crippen LogP contribution in [0.25, 0.3) is 10.9 Å². The van der Waals surface area contributed by atoms with Gasteiger partial charge in [-0.05, 0) is 48.9 Å². The molecular formula is C27H29N3O. The highest BCUT2D eigenvalue weighted by Crippen LogP contribution is 2.50. The molecule has 2 saturated heterocycles. The Bertz CT molecular complexity index is 1150. The molecule has 4 nitrogen and oxygen atoms in total. The van der Waals surface area contributed by atoms with Crippen molar-refractivity contribution in [3.05, 3.63) is 65.4 Å². The average molecular weight is 412 g/mol. The highest BCUT2D eigenvalue weighted by Gasteiger charge is 2.42. The summed E-state index contributed by atoms with van der Waals surface area (Å²) in [7, 11) is 0. The van der Waals surface area contributed by atoms with Gasteiger partial charge in [-0.15, -0.1) is 0 Å². The Hall–Kier alpha value is -2.90. The number of nitrogens with zero attached hydrogens (tertiary/aromatic N) is 1. The van der Waals surface area contributed by atoms with E-state index in [0.29, 0.717) is 5.92 Å². The molecule has 0 radical (unpaired) electrons. The lowest BCUT2D eigenvalue weighted by Crippen LogP contribution is -2.29. The number of ether oxygens (including phenoxy) is 1. The molecule has 3 aliphatic rings. The third kappa shape index (κ3) is 3.47. The number of aromatic amines is 1. The van der Waals surface area contributed by atoms with Crippen LogP contribution >= 0.6 is 0 Å². The first-order valence-corrected chi connectivity index (χ1v) is 11.7. The van der Waals surface area contributed by atoms with E-state index in [-0.39, 0.29) is 12.1 Å². The zero-order valence-corrected chi connectivity index (χ0v) is 17.9. The number of aromatic nitrogens is 1. The van der Waals surface area contributed by atoms with Gasteiger partial charge >= 0.3 is 0 Å². The van der Waals surface area contributed by atoms with E-state index >= 15 is 0 Å². The van der Waals surface area contributed by atoms with E-state index in [2.05, 4.69) is 75.8 Å². The van der Waals surface area contributed by atoms with Gasteiger partial charge < -0.3 is 19.9 Å². The molecule has 4 heterocycles. The molecule has 3 atom stereocenters. The van der Waals surface area contributed by atoms with Gasteiger partial charge in [-0.25, -0.2) is 0 Å². The van der Waals surface area contributed by atoms with Crippen LogP contribution in [0.5, 0.6) is 0 Å². The first-order chi connectivity index (χ1) is 15.4. The second-order valence-electron chi connectivity index (χ2n) is 9.09. The van der Waals surface area contributed by atoms with E-state index in [1.54, 1.807) is 0 Å². The molecular weight excluding hydrogens is 382 g/mol. The van der Waals surface area contributed by atoms with Gasteiger partial charge in [-0.3, -0.25) is 0 Å².